The van der Waals surface area contributed by atoms with E-state index < -0.39 is 22.4 Å². The predicted octanol–water partition coefficient (Wildman–Crippen LogP) is 3.28. The number of carbonyl (C=O) groups excluding carboxylic acids is 3. The Kier molecular flexibility index (Phi) is 7.75. The fourth-order valence-corrected chi connectivity index (χ4v) is 3.38. The smallest absolute Gasteiger partial charge is 0.325 e. The lowest BCUT2D eigenvalue weighted by Crippen LogP contribution is -2.45. The average molecular weight is 433 g/mol. The summed E-state index contributed by atoms with van der Waals surface area (Å²) in [5.41, 5.74) is -1.07. The maximum atomic E-state index is 13.1. The zero-order chi connectivity index (χ0) is 23.3. The first-order valence-corrected chi connectivity index (χ1v) is 10.6. The van der Waals surface area contributed by atoms with E-state index in [-0.39, 0.29) is 18.1 Å². The molecule has 9 nitrogen and oxygen atoms in total. The Morgan fingerprint density at radius 3 is 2.06 bits per heavy atom. The van der Waals surface area contributed by atoms with Crippen LogP contribution in [0.3, 0.4) is 0 Å². The fraction of sp³-hybridized carbons (Fsp3) is 0.591. The van der Waals surface area contributed by atoms with Crippen LogP contribution in [0, 0.1) is 22.0 Å². The first kappa shape index (κ1) is 24.3. The predicted molar refractivity (Wildman–Crippen MR) is 116 cm³/mol. The van der Waals surface area contributed by atoms with Crippen molar-refractivity contribution >= 4 is 23.5 Å². The highest BCUT2D eigenvalue weighted by Gasteiger charge is 2.49. The summed E-state index contributed by atoms with van der Waals surface area (Å²) in [6.07, 6.45) is 1.68. The number of hydrogen-bond acceptors (Lipinski definition) is 5. The number of nitrogens with one attached hydrogen (secondary N) is 1. The fourth-order valence-electron chi connectivity index (χ4n) is 3.38. The highest BCUT2D eigenvalue weighted by molar-refractivity contribution is 6.09. The maximum Gasteiger partial charge on any atom is 0.325 e. The molecule has 9 heteroatoms. The summed E-state index contributed by atoms with van der Waals surface area (Å²) >= 11 is 0. The lowest BCUT2D eigenvalue weighted by atomic mass is 9.92. The average Bonchev–Trinajstić information content (AvgIpc) is 2.91. The number of rotatable bonds is 10. The molecule has 1 atom stereocenters. The lowest BCUT2D eigenvalue weighted by molar-refractivity contribution is -0.384. The molecule has 1 heterocycles. The number of benzene rings is 1. The van der Waals surface area contributed by atoms with Crippen molar-refractivity contribution in [2.24, 2.45) is 11.8 Å². The zero-order valence-corrected chi connectivity index (χ0v) is 18.9. The van der Waals surface area contributed by atoms with E-state index in [4.69, 9.17) is 0 Å². The minimum Gasteiger partial charge on any atom is -0.341 e. The molecular formula is C22H32N4O5. The summed E-state index contributed by atoms with van der Waals surface area (Å²) in [5.74, 6) is 0.0399. The first-order valence-electron chi connectivity index (χ1n) is 10.6. The summed E-state index contributed by atoms with van der Waals surface area (Å²) in [5, 5.41) is 13.5. The number of nitro groups is 1. The zero-order valence-electron chi connectivity index (χ0n) is 18.9. The summed E-state index contributed by atoms with van der Waals surface area (Å²) in [4.78, 5) is 51.6. The van der Waals surface area contributed by atoms with Gasteiger partial charge in [-0.25, -0.2) is 4.79 Å². The van der Waals surface area contributed by atoms with Gasteiger partial charge in [0.05, 0.1) is 4.92 Å². The second-order valence-electron chi connectivity index (χ2n) is 9.00. The highest BCUT2D eigenvalue weighted by Crippen LogP contribution is 2.30. The Morgan fingerprint density at radius 1 is 1.10 bits per heavy atom. The van der Waals surface area contributed by atoms with Crippen LogP contribution in [0.5, 0.6) is 0 Å². The Labute approximate surface area is 182 Å². The van der Waals surface area contributed by atoms with Gasteiger partial charge in [-0.2, -0.15) is 0 Å². The number of amides is 4. The molecule has 1 N–H and O–H groups in total. The van der Waals surface area contributed by atoms with Gasteiger partial charge in [0, 0.05) is 25.2 Å². The second-order valence-corrected chi connectivity index (χ2v) is 9.00. The normalized spacial score (nSPS) is 18.6. The molecular weight excluding hydrogens is 400 g/mol. The van der Waals surface area contributed by atoms with Crippen LogP contribution in [0.1, 0.15) is 53.0 Å². The molecule has 170 valence electrons. The van der Waals surface area contributed by atoms with Crippen LogP contribution in [0.15, 0.2) is 24.3 Å². The number of carbonyl (C=O) groups is 3. The van der Waals surface area contributed by atoms with E-state index in [0.717, 1.165) is 17.7 Å². The van der Waals surface area contributed by atoms with Crippen molar-refractivity contribution in [1.82, 2.24) is 15.1 Å². The van der Waals surface area contributed by atoms with Gasteiger partial charge in [-0.15, -0.1) is 0 Å². The van der Waals surface area contributed by atoms with E-state index in [9.17, 15) is 24.5 Å². The lowest BCUT2D eigenvalue weighted by Gasteiger charge is -2.26. The van der Waals surface area contributed by atoms with Crippen LogP contribution < -0.4 is 5.32 Å². The molecule has 0 aromatic heterocycles. The Balaban J connectivity index is 2.16. The Morgan fingerprint density at radius 2 is 1.61 bits per heavy atom. The number of imide groups is 1. The number of hydrogen-bond donors (Lipinski definition) is 1. The minimum atomic E-state index is -1.38. The third-order valence-electron chi connectivity index (χ3n) is 5.53. The van der Waals surface area contributed by atoms with Gasteiger partial charge in [0.2, 0.25) is 5.91 Å². The molecule has 0 radical (unpaired) electrons. The number of nitrogens with zero attached hydrogens (tertiary/aromatic N) is 3. The van der Waals surface area contributed by atoms with Gasteiger partial charge in [-0.1, -0.05) is 27.7 Å². The molecule has 0 saturated carbocycles. The van der Waals surface area contributed by atoms with Crippen LogP contribution >= 0.6 is 0 Å². The summed E-state index contributed by atoms with van der Waals surface area (Å²) < 4.78 is 0. The number of nitro benzene ring substituents is 1. The SMILES string of the molecule is CC(C)CCN(CCC(C)C)C(=O)CN1C(=O)NC(C)(c2ccc([N+](=O)[O-])cc2)C1=O. The van der Waals surface area contributed by atoms with Crippen molar-refractivity contribution in [1.29, 1.82) is 0 Å². The third-order valence-corrected chi connectivity index (χ3v) is 5.53. The molecule has 4 amide bonds. The van der Waals surface area contributed by atoms with Crippen molar-refractivity contribution < 1.29 is 19.3 Å². The molecule has 1 unspecified atom stereocenters. The number of non-ortho nitro benzene ring substituents is 1. The van der Waals surface area contributed by atoms with Crippen LogP contribution in [0.4, 0.5) is 10.5 Å². The van der Waals surface area contributed by atoms with Gasteiger partial charge in [0.1, 0.15) is 12.1 Å². The Hall–Kier alpha value is -2.97. The molecule has 1 aliphatic heterocycles. The topological polar surface area (TPSA) is 113 Å². The molecule has 2 rings (SSSR count). The van der Waals surface area contributed by atoms with Gasteiger partial charge in [0.25, 0.3) is 11.6 Å². The van der Waals surface area contributed by atoms with Gasteiger partial charge in [0.15, 0.2) is 0 Å². The standard InChI is InChI=1S/C22H32N4O5/c1-15(2)10-12-24(13-11-16(3)4)19(27)14-25-20(28)22(5,23-21(25)29)17-6-8-18(9-7-17)26(30)31/h6-9,15-16H,10-14H2,1-5H3,(H,23,29). The van der Waals surface area contributed by atoms with E-state index >= 15 is 0 Å². The summed E-state index contributed by atoms with van der Waals surface area (Å²) in [7, 11) is 0. The third kappa shape index (κ3) is 5.80. The minimum absolute atomic E-state index is 0.109. The molecule has 31 heavy (non-hydrogen) atoms. The van der Waals surface area contributed by atoms with Crippen molar-refractivity contribution in [3.63, 3.8) is 0 Å². The van der Waals surface area contributed by atoms with Crippen LogP contribution in [-0.2, 0) is 15.1 Å². The number of urea groups is 1. The van der Waals surface area contributed by atoms with E-state index in [1.807, 2.05) is 0 Å². The molecule has 0 bridgehead atoms. The van der Waals surface area contributed by atoms with Gasteiger partial charge >= 0.3 is 6.03 Å². The Bertz CT molecular complexity index is 825. The molecule has 0 spiro atoms. The van der Waals surface area contributed by atoms with Crippen LogP contribution in [0.2, 0.25) is 0 Å². The molecule has 1 aromatic rings. The highest BCUT2D eigenvalue weighted by atomic mass is 16.6. The van der Waals surface area contributed by atoms with Crippen molar-refractivity contribution in [2.75, 3.05) is 19.6 Å². The second kappa shape index (κ2) is 9.89. The van der Waals surface area contributed by atoms with E-state index in [0.29, 0.717) is 30.5 Å². The van der Waals surface area contributed by atoms with Gasteiger partial charge in [-0.3, -0.25) is 24.6 Å². The molecule has 0 aliphatic carbocycles. The summed E-state index contributed by atoms with van der Waals surface area (Å²) in [6.45, 7) is 10.7. The van der Waals surface area contributed by atoms with E-state index in [1.54, 1.807) is 4.90 Å². The van der Waals surface area contributed by atoms with Crippen molar-refractivity contribution in [3.8, 4) is 0 Å². The van der Waals surface area contributed by atoms with Crippen LogP contribution in [0.25, 0.3) is 0 Å². The molecule has 1 saturated heterocycles. The maximum absolute atomic E-state index is 13.1. The monoisotopic (exact) mass is 432 g/mol. The summed E-state index contributed by atoms with van der Waals surface area (Å²) in [6, 6.07) is 4.81. The molecule has 1 aromatic carbocycles. The first-order chi connectivity index (χ1) is 14.5. The van der Waals surface area contributed by atoms with E-state index in [2.05, 4.69) is 33.0 Å². The van der Waals surface area contributed by atoms with Crippen molar-refractivity contribution in [3.05, 3.63) is 39.9 Å². The van der Waals surface area contributed by atoms with Gasteiger partial charge < -0.3 is 10.2 Å². The van der Waals surface area contributed by atoms with E-state index in [1.165, 1.54) is 31.2 Å². The molecule has 1 fully saturated rings. The van der Waals surface area contributed by atoms with Gasteiger partial charge in [-0.05, 0) is 49.3 Å². The quantitative estimate of drug-likeness (QED) is 0.346. The molecule has 1 aliphatic rings. The van der Waals surface area contributed by atoms with Crippen molar-refractivity contribution in [2.45, 2.75) is 53.0 Å². The largest absolute Gasteiger partial charge is 0.341 e. The van der Waals surface area contributed by atoms with Crippen LogP contribution in [-0.4, -0.2) is 52.2 Å².